The molecular formula is C17H18N2S2. The molecule has 0 bridgehead atoms. The Morgan fingerprint density at radius 2 is 2.05 bits per heavy atom. The number of aryl methyl sites for hydroxylation is 1. The molecule has 3 rings (SSSR count). The molecule has 0 spiro atoms. The Kier molecular flexibility index (Phi) is 4.17. The van der Waals surface area contributed by atoms with E-state index < -0.39 is 0 Å². The number of hydrogen-bond acceptors (Lipinski definition) is 4. The van der Waals surface area contributed by atoms with E-state index in [0.29, 0.717) is 0 Å². The number of thiazole rings is 1. The van der Waals surface area contributed by atoms with E-state index >= 15 is 0 Å². The van der Waals surface area contributed by atoms with Crippen molar-refractivity contribution >= 4 is 39.0 Å². The molecule has 0 amide bonds. The highest BCUT2D eigenvalue weighted by molar-refractivity contribution is 8.00. The molecule has 4 heteroatoms. The molecular weight excluding hydrogens is 296 g/mol. The minimum Gasteiger partial charge on any atom is -0.378 e. The quantitative estimate of drug-likeness (QED) is 0.644. The van der Waals surface area contributed by atoms with E-state index in [4.69, 9.17) is 0 Å². The number of nitrogens with zero attached hydrogens (tertiary/aromatic N) is 1. The molecule has 108 valence electrons. The maximum atomic E-state index is 4.57. The zero-order chi connectivity index (χ0) is 14.8. The molecule has 0 radical (unpaired) electrons. The Labute approximate surface area is 133 Å². The van der Waals surface area contributed by atoms with Gasteiger partial charge in [-0.15, -0.1) is 11.3 Å². The van der Waals surface area contributed by atoms with Gasteiger partial charge in [0, 0.05) is 11.7 Å². The Hall–Kier alpha value is -1.52. The lowest BCUT2D eigenvalue weighted by Gasteiger charge is -2.16. The van der Waals surface area contributed by atoms with E-state index in [2.05, 4.69) is 72.9 Å². The van der Waals surface area contributed by atoms with Crippen LogP contribution in [-0.2, 0) is 0 Å². The summed E-state index contributed by atoms with van der Waals surface area (Å²) in [7, 11) is 0. The van der Waals surface area contributed by atoms with Crippen LogP contribution in [0, 0.1) is 6.92 Å². The van der Waals surface area contributed by atoms with Crippen molar-refractivity contribution in [1.82, 2.24) is 4.98 Å². The molecule has 1 heterocycles. The largest absolute Gasteiger partial charge is 0.378 e. The van der Waals surface area contributed by atoms with Gasteiger partial charge in [0.1, 0.15) is 0 Å². The summed E-state index contributed by atoms with van der Waals surface area (Å²) in [5.41, 5.74) is 4.83. The lowest BCUT2D eigenvalue weighted by molar-refractivity contribution is 0.883. The van der Waals surface area contributed by atoms with Gasteiger partial charge in [-0.05, 0) is 43.9 Å². The Balaban J connectivity index is 1.83. The minimum absolute atomic E-state index is 0.287. The molecule has 1 unspecified atom stereocenters. The summed E-state index contributed by atoms with van der Waals surface area (Å²) in [5, 5.41) is 3.58. The molecule has 0 aliphatic carbocycles. The molecule has 21 heavy (non-hydrogen) atoms. The van der Waals surface area contributed by atoms with Gasteiger partial charge in [0.2, 0.25) is 0 Å². The third-order valence-electron chi connectivity index (χ3n) is 3.47. The molecule has 0 fully saturated rings. The van der Waals surface area contributed by atoms with E-state index in [-0.39, 0.29) is 6.04 Å². The van der Waals surface area contributed by atoms with Gasteiger partial charge in [-0.25, -0.2) is 4.98 Å². The predicted octanol–water partition coefficient (Wildman–Crippen LogP) is 5.50. The molecule has 1 N–H and O–H groups in total. The van der Waals surface area contributed by atoms with Crippen LogP contribution in [0.2, 0.25) is 0 Å². The zero-order valence-electron chi connectivity index (χ0n) is 12.4. The van der Waals surface area contributed by atoms with Crippen molar-refractivity contribution in [3.05, 3.63) is 53.6 Å². The van der Waals surface area contributed by atoms with Gasteiger partial charge in [0.05, 0.1) is 10.2 Å². The van der Waals surface area contributed by atoms with Crippen molar-refractivity contribution in [2.75, 3.05) is 11.6 Å². The molecule has 0 aliphatic rings. The first-order chi connectivity index (χ1) is 10.2. The number of rotatable bonds is 4. The molecule has 1 aromatic heterocycles. The summed E-state index contributed by atoms with van der Waals surface area (Å²) in [5.74, 6) is 0. The van der Waals surface area contributed by atoms with Crippen molar-refractivity contribution < 1.29 is 0 Å². The van der Waals surface area contributed by atoms with E-state index in [1.807, 2.05) is 0 Å². The first kappa shape index (κ1) is 14.4. The summed E-state index contributed by atoms with van der Waals surface area (Å²) >= 11 is 3.45. The molecule has 3 aromatic rings. The van der Waals surface area contributed by atoms with Crippen LogP contribution < -0.4 is 5.32 Å². The third-order valence-corrected chi connectivity index (χ3v) is 5.47. The van der Waals surface area contributed by atoms with Crippen molar-refractivity contribution in [1.29, 1.82) is 0 Å². The predicted molar refractivity (Wildman–Crippen MR) is 94.6 cm³/mol. The van der Waals surface area contributed by atoms with E-state index in [1.165, 1.54) is 15.8 Å². The molecule has 2 aromatic carbocycles. The highest BCUT2D eigenvalue weighted by Gasteiger charge is 2.08. The molecule has 1 atom stereocenters. The van der Waals surface area contributed by atoms with Gasteiger partial charge < -0.3 is 5.32 Å². The van der Waals surface area contributed by atoms with E-state index in [0.717, 1.165) is 15.5 Å². The average molecular weight is 314 g/mol. The first-order valence-electron chi connectivity index (χ1n) is 6.93. The topological polar surface area (TPSA) is 24.9 Å². The average Bonchev–Trinajstić information content (AvgIpc) is 2.89. The second-order valence-electron chi connectivity index (χ2n) is 5.15. The fraction of sp³-hybridized carbons (Fsp3) is 0.235. The van der Waals surface area contributed by atoms with Crippen molar-refractivity contribution in [3.8, 4) is 0 Å². The number of thioether (sulfide) groups is 1. The fourth-order valence-electron chi connectivity index (χ4n) is 2.35. The summed E-state index contributed by atoms with van der Waals surface area (Å²) in [4.78, 5) is 4.57. The van der Waals surface area contributed by atoms with Crippen molar-refractivity contribution in [2.45, 2.75) is 24.2 Å². The molecule has 0 saturated heterocycles. The van der Waals surface area contributed by atoms with Crippen molar-refractivity contribution in [3.63, 3.8) is 0 Å². The monoisotopic (exact) mass is 314 g/mol. The van der Waals surface area contributed by atoms with Crippen LogP contribution >= 0.6 is 23.1 Å². The summed E-state index contributed by atoms with van der Waals surface area (Å²) in [6.45, 7) is 4.32. The Bertz CT molecular complexity index is 764. The van der Waals surface area contributed by atoms with Gasteiger partial charge in [-0.1, -0.05) is 41.6 Å². The fourth-order valence-corrected chi connectivity index (χ4v) is 3.88. The number of anilines is 1. The molecule has 2 nitrogen and oxygen atoms in total. The summed E-state index contributed by atoms with van der Waals surface area (Å²) in [6.07, 6.45) is 2.07. The van der Waals surface area contributed by atoms with Crippen LogP contribution in [0.5, 0.6) is 0 Å². The number of benzene rings is 2. The second-order valence-corrected chi connectivity index (χ2v) is 7.23. The van der Waals surface area contributed by atoms with Crippen molar-refractivity contribution in [2.24, 2.45) is 0 Å². The molecule has 0 aliphatic heterocycles. The highest BCUT2D eigenvalue weighted by Crippen LogP contribution is 2.31. The third kappa shape index (κ3) is 3.22. The van der Waals surface area contributed by atoms with E-state index in [1.54, 1.807) is 23.1 Å². The Morgan fingerprint density at radius 3 is 2.81 bits per heavy atom. The second kappa shape index (κ2) is 6.08. The Morgan fingerprint density at radius 1 is 1.19 bits per heavy atom. The number of nitrogens with one attached hydrogen (secondary N) is 1. The first-order valence-corrected chi connectivity index (χ1v) is 8.97. The van der Waals surface area contributed by atoms with E-state index in [9.17, 15) is 0 Å². The van der Waals surface area contributed by atoms with Crippen LogP contribution in [0.1, 0.15) is 24.1 Å². The normalized spacial score (nSPS) is 12.5. The summed E-state index contributed by atoms with van der Waals surface area (Å²) < 4.78 is 2.36. The van der Waals surface area contributed by atoms with Crippen LogP contribution in [-0.4, -0.2) is 11.2 Å². The number of aromatic nitrogens is 1. The van der Waals surface area contributed by atoms with Crippen LogP contribution in [0.15, 0.2) is 46.8 Å². The maximum absolute atomic E-state index is 4.57. The smallest absolute Gasteiger partial charge is 0.150 e. The minimum atomic E-state index is 0.287. The SMILES string of the molecule is CSc1nc2ccc(NC(C)c3cccc(C)c3)cc2s1. The van der Waals surface area contributed by atoms with Gasteiger partial charge in [0.25, 0.3) is 0 Å². The maximum Gasteiger partial charge on any atom is 0.150 e. The van der Waals surface area contributed by atoms with Crippen LogP contribution in [0.25, 0.3) is 10.2 Å². The van der Waals surface area contributed by atoms with Crippen LogP contribution in [0.4, 0.5) is 5.69 Å². The molecule has 0 saturated carbocycles. The standard InChI is InChI=1S/C17H18N2S2/c1-11-5-4-6-13(9-11)12(2)18-14-7-8-15-16(10-14)21-17(19-15)20-3/h4-10,12,18H,1-3H3. The van der Waals surface area contributed by atoms with Gasteiger partial charge in [-0.3, -0.25) is 0 Å². The summed E-state index contributed by atoms with van der Waals surface area (Å²) in [6, 6.07) is 15.3. The zero-order valence-corrected chi connectivity index (χ0v) is 14.0. The van der Waals surface area contributed by atoms with Gasteiger partial charge in [-0.2, -0.15) is 0 Å². The lowest BCUT2D eigenvalue weighted by atomic mass is 10.1. The lowest BCUT2D eigenvalue weighted by Crippen LogP contribution is -2.06. The van der Waals surface area contributed by atoms with Gasteiger partial charge >= 0.3 is 0 Å². The number of hydrogen-bond donors (Lipinski definition) is 1. The van der Waals surface area contributed by atoms with Gasteiger partial charge in [0.15, 0.2) is 4.34 Å². The van der Waals surface area contributed by atoms with Crippen LogP contribution in [0.3, 0.4) is 0 Å². The highest BCUT2D eigenvalue weighted by atomic mass is 32.2. The number of fused-ring (bicyclic) bond motifs is 1.